The number of sulfonamides is 1. The van der Waals surface area contributed by atoms with Crippen LogP contribution in [0.2, 0.25) is 0 Å². The predicted octanol–water partition coefficient (Wildman–Crippen LogP) is 3.41. The highest BCUT2D eigenvalue weighted by Gasteiger charge is 2.20. The number of pyridine rings is 1. The van der Waals surface area contributed by atoms with Crippen LogP contribution in [0.4, 0.5) is 4.79 Å². The SMILES string of the molecule is Cc1ccc(S(=O)(=O)N[C@@H](CCCC(C)C)CNC(=O)NCCc2ccccn2)cc1. The number of urea groups is 1. The van der Waals surface area contributed by atoms with Crippen molar-refractivity contribution in [3.8, 4) is 0 Å². The third-order valence-electron chi connectivity index (χ3n) is 4.89. The maximum absolute atomic E-state index is 12.8. The molecule has 1 aromatic heterocycles. The Hall–Kier alpha value is -2.45. The van der Waals surface area contributed by atoms with Gasteiger partial charge in [-0.3, -0.25) is 4.98 Å². The van der Waals surface area contributed by atoms with Gasteiger partial charge in [-0.05, 0) is 43.5 Å². The number of rotatable bonds is 12. The Bertz CT molecular complexity index is 900. The van der Waals surface area contributed by atoms with Crippen LogP contribution < -0.4 is 15.4 Å². The molecule has 2 amide bonds. The minimum atomic E-state index is -3.66. The molecule has 0 saturated carbocycles. The van der Waals surface area contributed by atoms with Crippen LogP contribution in [0.3, 0.4) is 0 Å². The molecule has 0 unspecified atom stereocenters. The number of hydrogen-bond acceptors (Lipinski definition) is 4. The summed E-state index contributed by atoms with van der Waals surface area (Å²) in [5.74, 6) is 0.539. The van der Waals surface area contributed by atoms with Crippen molar-refractivity contribution < 1.29 is 13.2 Å². The van der Waals surface area contributed by atoms with Crippen molar-refractivity contribution >= 4 is 16.1 Å². The van der Waals surface area contributed by atoms with Crippen LogP contribution in [0.5, 0.6) is 0 Å². The number of nitrogens with one attached hydrogen (secondary N) is 3. The van der Waals surface area contributed by atoms with Crippen LogP contribution >= 0.6 is 0 Å². The standard InChI is InChI=1S/C23H34N4O3S/c1-18(2)7-6-9-21(27-31(29,30)22-12-10-19(3)11-13-22)17-26-23(28)25-16-14-20-8-4-5-15-24-20/h4-5,8,10-13,15,18,21,27H,6-7,9,14,16-17H2,1-3H3,(H2,25,26,28)/t21-/m0/s1. The van der Waals surface area contributed by atoms with E-state index >= 15 is 0 Å². The van der Waals surface area contributed by atoms with E-state index in [0.29, 0.717) is 25.3 Å². The van der Waals surface area contributed by atoms with Gasteiger partial charge >= 0.3 is 6.03 Å². The molecule has 0 aliphatic rings. The molecular formula is C23H34N4O3S. The van der Waals surface area contributed by atoms with E-state index < -0.39 is 10.0 Å². The summed E-state index contributed by atoms with van der Waals surface area (Å²) in [7, 11) is -3.66. The molecule has 0 bridgehead atoms. The molecule has 1 atom stereocenters. The lowest BCUT2D eigenvalue weighted by atomic mass is 10.0. The zero-order valence-corrected chi connectivity index (χ0v) is 19.4. The number of hydrogen-bond donors (Lipinski definition) is 3. The van der Waals surface area contributed by atoms with Crippen LogP contribution in [0.15, 0.2) is 53.6 Å². The monoisotopic (exact) mass is 446 g/mol. The van der Waals surface area contributed by atoms with Gasteiger partial charge in [0.25, 0.3) is 0 Å². The minimum Gasteiger partial charge on any atom is -0.338 e. The first-order valence-corrected chi connectivity index (χ1v) is 12.2. The average Bonchev–Trinajstić information content (AvgIpc) is 2.72. The fourth-order valence-electron chi connectivity index (χ4n) is 3.11. The molecule has 1 aromatic carbocycles. The van der Waals surface area contributed by atoms with Gasteiger partial charge in [0, 0.05) is 37.4 Å². The summed E-state index contributed by atoms with van der Waals surface area (Å²) in [6, 6.07) is 11.7. The van der Waals surface area contributed by atoms with Gasteiger partial charge in [0.15, 0.2) is 0 Å². The normalized spacial score (nSPS) is 12.5. The molecular weight excluding hydrogens is 412 g/mol. The third-order valence-corrected chi connectivity index (χ3v) is 6.43. The summed E-state index contributed by atoms with van der Waals surface area (Å²) in [6.07, 6.45) is 4.88. The van der Waals surface area contributed by atoms with Crippen molar-refractivity contribution in [2.24, 2.45) is 5.92 Å². The molecule has 0 saturated heterocycles. The second-order valence-electron chi connectivity index (χ2n) is 8.16. The lowest BCUT2D eigenvalue weighted by molar-refractivity contribution is 0.239. The summed E-state index contributed by atoms with van der Waals surface area (Å²) in [5, 5.41) is 5.59. The highest BCUT2D eigenvalue weighted by Crippen LogP contribution is 2.13. The van der Waals surface area contributed by atoms with Crippen molar-refractivity contribution in [2.45, 2.75) is 57.4 Å². The van der Waals surface area contributed by atoms with Gasteiger partial charge in [0.1, 0.15) is 0 Å². The van der Waals surface area contributed by atoms with E-state index in [9.17, 15) is 13.2 Å². The number of aryl methyl sites for hydroxylation is 1. The van der Waals surface area contributed by atoms with Crippen molar-refractivity contribution in [3.05, 3.63) is 59.9 Å². The fraction of sp³-hybridized carbons (Fsp3) is 0.478. The lowest BCUT2D eigenvalue weighted by Gasteiger charge is -2.20. The Morgan fingerprint density at radius 3 is 2.42 bits per heavy atom. The Morgan fingerprint density at radius 2 is 1.77 bits per heavy atom. The van der Waals surface area contributed by atoms with Gasteiger partial charge in [0.05, 0.1) is 4.90 Å². The van der Waals surface area contributed by atoms with Gasteiger partial charge in [-0.2, -0.15) is 0 Å². The largest absolute Gasteiger partial charge is 0.338 e. The quantitative estimate of drug-likeness (QED) is 0.465. The van der Waals surface area contributed by atoms with Crippen molar-refractivity contribution in [2.75, 3.05) is 13.1 Å². The van der Waals surface area contributed by atoms with Crippen LogP contribution in [-0.2, 0) is 16.4 Å². The molecule has 7 nitrogen and oxygen atoms in total. The Labute approximate surface area is 186 Å². The van der Waals surface area contributed by atoms with Crippen molar-refractivity contribution in [1.82, 2.24) is 20.3 Å². The first kappa shape index (κ1) is 24.8. The van der Waals surface area contributed by atoms with E-state index in [-0.39, 0.29) is 23.5 Å². The maximum Gasteiger partial charge on any atom is 0.314 e. The summed E-state index contributed by atoms with van der Waals surface area (Å²) >= 11 is 0. The number of carbonyl (C=O) groups excluding carboxylic acids is 1. The third kappa shape index (κ3) is 9.48. The summed E-state index contributed by atoms with van der Waals surface area (Å²) in [6.45, 7) is 6.86. The van der Waals surface area contributed by atoms with Crippen LogP contribution in [0.25, 0.3) is 0 Å². The van der Waals surface area contributed by atoms with E-state index in [4.69, 9.17) is 0 Å². The van der Waals surface area contributed by atoms with Crippen LogP contribution in [-0.4, -0.2) is 38.6 Å². The van der Waals surface area contributed by atoms with Crippen molar-refractivity contribution in [3.63, 3.8) is 0 Å². The molecule has 0 radical (unpaired) electrons. The molecule has 8 heteroatoms. The predicted molar refractivity (Wildman–Crippen MR) is 123 cm³/mol. The average molecular weight is 447 g/mol. The molecule has 2 aromatic rings. The van der Waals surface area contributed by atoms with E-state index in [0.717, 1.165) is 24.1 Å². The highest BCUT2D eigenvalue weighted by molar-refractivity contribution is 7.89. The number of aromatic nitrogens is 1. The number of benzene rings is 1. The summed E-state index contributed by atoms with van der Waals surface area (Å²) in [5.41, 5.74) is 1.90. The smallest absolute Gasteiger partial charge is 0.314 e. The number of amides is 2. The topological polar surface area (TPSA) is 100 Å². The van der Waals surface area contributed by atoms with E-state index in [1.807, 2.05) is 25.1 Å². The van der Waals surface area contributed by atoms with Gasteiger partial charge < -0.3 is 10.6 Å². The highest BCUT2D eigenvalue weighted by atomic mass is 32.2. The van der Waals surface area contributed by atoms with E-state index in [1.54, 1.807) is 30.5 Å². The Morgan fingerprint density at radius 1 is 1.03 bits per heavy atom. The zero-order valence-electron chi connectivity index (χ0n) is 18.6. The van der Waals surface area contributed by atoms with E-state index in [2.05, 4.69) is 34.2 Å². The molecule has 170 valence electrons. The van der Waals surface area contributed by atoms with Gasteiger partial charge in [0.2, 0.25) is 10.0 Å². The Balaban J connectivity index is 1.89. The second kappa shape index (κ2) is 12.4. The molecule has 3 N–H and O–H groups in total. The van der Waals surface area contributed by atoms with Gasteiger partial charge in [-0.15, -0.1) is 0 Å². The van der Waals surface area contributed by atoms with Crippen LogP contribution in [0.1, 0.15) is 44.4 Å². The van der Waals surface area contributed by atoms with Crippen LogP contribution in [0, 0.1) is 12.8 Å². The number of carbonyl (C=O) groups is 1. The molecule has 0 spiro atoms. The zero-order chi connectivity index (χ0) is 22.7. The summed E-state index contributed by atoms with van der Waals surface area (Å²) in [4.78, 5) is 16.6. The molecule has 0 aliphatic carbocycles. The molecule has 1 heterocycles. The lowest BCUT2D eigenvalue weighted by Crippen LogP contribution is -2.46. The molecule has 0 aliphatic heterocycles. The summed E-state index contributed by atoms with van der Waals surface area (Å²) < 4.78 is 28.3. The fourth-order valence-corrected chi connectivity index (χ4v) is 4.38. The first-order valence-electron chi connectivity index (χ1n) is 10.8. The molecule has 31 heavy (non-hydrogen) atoms. The van der Waals surface area contributed by atoms with Crippen molar-refractivity contribution in [1.29, 1.82) is 0 Å². The minimum absolute atomic E-state index is 0.221. The molecule has 2 rings (SSSR count). The van der Waals surface area contributed by atoms with Gasteiger partial charge in [-0.1, -0.05) is 50.5 Å². The maximum atomic E-state index is 12.8. The van der Waals surface area contributed by atoms with E-state index in [1.165, 1.54) is 0 Å². The molecule has 0 fully saturated rings. The Kier molecular flexibility index (Phi) is 9.94. The first-order chi connectivity index (χ1) is 14.8. The second-order valence-corrected chi connectivity index (χ2v) is 9.88. The van der Waals surface area contributed by atoms with Gasteiger partial charge in [-0.25, -0.2) is 17.9 Å². The number of nitrogens with zero attached hydrogens (tertiary/aromatic N) is 1.